The third kappa shape index (κ3) is 9.81. The van der Waals surface area contributed by atoms with Gasteiger partial charge in [-0.3, -0.25) is 24.6 Å². The number of carbonyl (C=O) groups excluding carboxylic acids is 3. The van der Waals surface area contributed by atoms with Crippen molar-refractivity contribution in [3.05, 3.63) is 74.8 Å². The lowest BCUT2D eigenvalue weighted by Gasteiger charge is -2.44. The van der Waals surface area contributed by atoms with Gasteiger partial charge in [0, 0.05) is 94.0 Å². The summed E-state index contributed by atoms with van der Waals surface area (Å²) in [5, 5.41) is 10.6. The van der Waals surface area contributed by atoms with Gasteiger partial charge in [0.25, 0.3) is 0 Å². The molecule has 68 heavy (non-hydrogen) atoms. The third-order valence-corrected chi connectivity index (χ3v) is 17.0. The fraction of sp³-hybridized carbons (Fsp3) is 0.458. The number of nitrogens with zero attached hydrogens (tertiary/aromatic N) is 7. The number of ether oxygens (including phenoxy) is 1. The van der Waals surface area contributed by atoms with Gasteiger partial charge in [-0.05, 0) is 104 Å². The summed E-state index contributed by atoms with van der Waals surface area (Å²) in [7, 11) is -1.05. The van der Waals surface area contributed by atoms with Crippen LogP contribution in [0, 0.1) is 24.5 Å². The maximum atomic E-state index is 15.3. The van der Waals surface area contributed by atoms with Crippen molar-refractivity contribution in [2.24, 2.45) is 5.92 Å². The predicted octanol–water partition coefficient (Wildman–Crippen LogP) is 7.90. The minimum absolute atomic E-state index is 0.0268. The van der Waals surface area contributed by atoms with Crippen LogP contribution in [0.5, 0.6) is 5.75 Å². The van der Waals surface area contributed by atoms with Gasteiger partial charge in [-0.25, -0.2) is 18.7 Å². The van der Waals surface area contributed by atoms with Gasteiger partial charge in [-0.2, -0.15) is 4.98 Å². The number of hydrogen-bond acceptors (Lipinski definition) is 14. The molecule has 3 N–H and O–H groups in total. The van der Waals surface area contributed by atoms with E-state index in [4.69, 9.17) is 9.72 Å². The summed E-state index contributed by atoms with van der Waals surface area (Å²) in [4.78, 5) is 60.4. The second-order valence-corrected chi connectivity index (χ2v) is 23.6. The van der Waals surface area contributed by atoms with Crippen molar-refractivity contribution in [3.8, 4) is 5.75 Å². The van der Waals surface area contributed by atoms with Crippen LogP contribution in [0.4, 0.5) is 43.3 Å². The molecule has 0 bridgehead atoms. The normalized spacial score (nSPS) is 19.7. The van der Waals surface area contributed by atoms with E-state index in [-0.39, 0.29) is 30.2 Å². The molecular weight excluding hydrogens is 978 g/mol. The Morgan fingerprint density at radius 2 is 1.66 bits per heavy atom. The first-order chi connectivity index (χ1) is 32.6. The number of hydrogen-bond donors (Lipinski definition) is 3. The highest BCUT2D eigenvalue weighted by atomic mass is 79.9. The zero-order valence-electron chi connectivity index (χ0n) is 38.8. The van der Waals surface area contributed by atoms with Crippen molar-refractivity contribution in [1.29, 1.82) is 0 Å². The molecule has 0 saturated carbocycles. The minimum atomic E-state index is -2.71. The first kappa shape index (κ1) is 47.8. The van der Waals surface area contributed by atoms with Gasteiger partial charge in [0.2, 0.25) is 23.7 Å². The van der Waals surface area contributed by atoms with Crippen LogP contribution in [0.2, 0.25) is 0 Å². The molecule has 360 valence electrons. The minimum Gasteiger partial charge on any atom is -0.494 e. The number of fused-ring (bicyclic) bond motifs is 1. The van der Waals surface area contributed by atoms with Crippen LogP contribution in [0.1, 0.15) is 61.1 Å². The SMILES string of the molecule is CCc1cc(Nc2ncc(Br)c(Nc3ccc4nc(C)sc4c3P(C)(C)=O)n2)c(OC)cc1N1CCC(N2CCN(C(=O)[C@@H]3CCN(c4cc(F)c(C5CCC(=O)NC5=O)c(F)c4)C3)CC2)CC1. The van der Waals surface area contributed by atoms with E-state index in [9.17, 15) is 18.9 Å². The molecule has 5 aromatic rings. The number of amides is 3. The van der Waals surface area contributed by atoms with E-state index in [2.05, 4.69) is 70.7 Å². The lowest BCUT2D eigenvalue weighted by molar-refractivity contribution is -0.137. The van der Waals surface area contributed by atoms with Crippen molar-refractivity contribution in [3.63, 3.8) is 0 Å². The number of halogens is 3. The largest absolute Gasteiger partial charge is 0.494 e. The van der Waals surface area contributed by atoms with E-state index in [1.807, 2.05) is 28.9 Å². The standard InChI is InChI=1S/C48H56BrF2N10O5PS/c1-6-28-21-38(55-48-52-25-33(49)45(57-48)54-36-8-9-37-44(68-27(2)53-37)43(36)67(4,5)65)40(66-3)24-39(28)59-15-12-30(13-16-59)58-17-19-60(20-18-58)47(64)29-11-14-61(26-29)31-22-34(50)42(35(51)23-31)32-7-10-41(62)56-46(32)63/h8-9,21-25,29-30,32H,6-7,10-20,26H2,1-5H3,(H,56,62,63)(H2,52,54,55,57)/t29-,32?/m1/s1. The molecule has 9 rings (SSSR count). The number of thiazole rings is 1. The maximum Gasteiger partial charge on any atom is 0.234 e. The molecule has 3 amide bonds. The van der Waals surface area contributed by atoms with Crippen LogP contribution < -0.4 is 35.8 Å². The molecule has 0 spiro atoms. The third-order valence-electron chi connectivity index (χ3n) is 13.7. The number of methoxy groups -OCH3 is 1. The van der Waals surface area contributed by atoms with Crippen molar-refractivity contribution < 1.29 is 32.5 Å². The molecule has 0 aliphatic carbocycles. The number of piperazine rings is 1. The van der Waals surface area contributed by atoms with Crippen molar-refractivity contribution in [2.45, 2.75) is 64.3 Å². The molecule has 4 saturated heterocycles. The summed E-state index contributed by atoms with van der Waals surface area (Å²) in [6, 6.07) is 10.9. The molecule has 15 nitrogen and oxygen atoms in total. The number of imide groups is 1. The summed E-state index contributed by atoms with van der Waals surface area (Å²) < 4.78 is 51.7. The number of rotatable bonds is 12. The van der Waals surface area contributed by atoms with Gasteiger partial charge >= 0.3 is 0 Å². The van der Waals surface area contributed by atoms with Crippen LogP contribution in [-0.2, 0) is 25.4 Å². The summed E-state index contributed by atoms with van der Waals surface area (Å²) in [5.74, 6) is -2.48. The molecule has 0 radical (unpaired) electrons. The van der Waals surface area contributed by atoms with Crippen LogP contribution in [0.3, 0.4) is 0 Å². The first-order valence-electron chi connectivity index (χ1n) is 23.2. The van der Waals surface area contributed by atoms with Crippen LogP contribution in [0.25, 0.3) is 10.2 Å². The van der Waals surface area contributed by atoms with E-state index >= 15 is 8.78 Å². The van der Waals surface area contributed by atoms with Gasteiger partial charge < -0.3 is 34.6 Å². The Labute approximate surface area is 406 Å². The monoisotopic (exact) mass is 1030 g/mol. The quantitative estimate of drug-likeness (QED) is 0.0817. The van der Waals surface area contributed by atoms with Gasteiger partial charge in [-0.15, -0.1) is 11.3 Å². The van der Waals surface area contributed by atoms with Crippen molar-refractivity contribution >= 4 is 102 Å². The predicted molar refractivity (Wildman–Crippen MR) is 267 cm³/mol. The zero-order valence-corrected chi connectivity index (χ0v) is 42.1. The summed E-state index contributed by atoms with van der Waals surface area (Å²) in [6.07, 6.45) is 5.12. The van der Waals surface area contributed by atoms with Crippen LogP contribution in [-0.4, -0.2) is 121 Å². The Balaban J connectivity index is 0.793. The average Bonchev–Trinajstić information content (AvgIpc) is 3.96. The molecule has 4 aliphatic heterocycles. The highest BCUT2D eigenvalue weighted by molar-refractivity contribution is 9.10. The number of piperidine rings is 2. The smallest absolute Gasteiger partial charge is 0.234 e. The summed E-state index contributed by atoms with van der Waals surface area (Å²) >= 11 is 5.14. The fourth-order valence-corrected chi connectivity index (χ4v) is 13.5. The highest BCUT2D eigenvalue weighted by Crippen LogP contribution is 2.44. The van der Waals surface area contributed by atoms with E-state index < -0.39 is 36.5 Å². The lowest BCUT2D eigenvalue weighted by atomic mass is 9.89. The molecule has 1 unspecified atom stereocenters. The zero-order chi connectivity index (χ0) is 48.0. The maximum absolute atomic E-state index is 15.3. The Bertz CT molecular complexity index is 2810. The molecule has 6 heterocycles. The Kier molecular flexibility index (Phi) is 13.8. The van der Waals surface area contributed by atoms with Crippen molar-refractivity contribution in [2.75, 3.05) is 93.2 Å². The van der Waals surface area contributed by atoms with Gasteiger partial charge in [0.15, 0.2) is 0 Å². The Morgan fingerprint density at radius 1 is 0.941 bits per heavy atom. The van der Waals surface area contributed by atoms with E-state index in [0.29, 0.717) is 72.0 Å². The van der Waals surface area contributed by atoms with Gasteiger partial charge in [-0.1, -0.05) is 6.92 Å². The molecular formula is C48H56BrF2N10O5PS. The van der Waals surface area contributed by atoms with E-state index in [1.165, 1.54) is 29.0 Å². The van der Waals surface area contributed by atoms with Crippen molar-refractivity contribution in [1.82, 2.24) is 30.1 Å². The fourth-order valence-electron chi connectivity index (χ4n) is 10.2. The van der Waals surface area contributed by atoms with E-state index in [0.717, 1.165) is 77.3 Å². The number of anilines is 6. The molecule has 2 aromatic heterocycles. The van der Waals surface area contributed by atoms with Crippen LogP contribution in [0.15, 0.2) is 47.1 Å². The number of aryl methyl sites for hydroxylation is 2. The molecule has 3 aromatic carbocycles. The second kappa shape index (κ2) is 19.6. The number of carbonyl (C=O) groups is 3. The lowest BCUT2D eigenvalue weighted by Crippen LogP contribution is -2.55. The summed E-state index contributed by atoms with van der Waals surface area (Å²) in [5.41, 5.74) is 4.60. The number of aromatic nitrogens is 3. The number of benzene rings is 3. The molecule has 4 fully saturated rings. The summed E-state index contributed by atoms with van der Waals surface area (Å²) in [6.45, 7) is 13.1. The van der Waals surface area contributed by atoms with E-state index in [1.54, 1.807) is 26.6 Å². The molecule has 2 atom stereocenters. The number of nitrogens with one attached hydrogen (secondary N) is 3. The first-order valence-corrected chi connectivity index (χ1v) is 27.4. The van der Waals surface area contributed by atoms with Crippen LogP contribution >= 0.6 is 34.4 Å². The molecule has 4 aliphatic rings. The molecule has 20 heteroatoms. The average molecular weight is 1030 g/mol. The van der Waals surface area contributed by atoms with Gasteiger partial charge in [0.1, 0.15) is 30.3 Å². The van der Waals surface area contributed by atoms with Gasteiger partial charge in [0.05, 0.1) is 55.3 Å². The topological polar surface area (TPSA) is 165 Å². The Morgan fingerprint density at radius 3 is 2.34 bits per heavy atom. The Hall–Kier alpha value is -5.23. The highest BCUT2D eigenvalue weighted by Gasteiger charge is 2.37. The second-order valence-electron chi connectivity index (χ2n) is 18.4.